The van der Waals surface area contributed by atoms with Gasteiger partial charge in [0.05, 0.1) is 0 Å². The van der Waals surface area contributed by atoms with Crippen LogP contribution >= 0.6 is 0 Å². The van der Waals surface area contributed by atoms with Gasteiger partial charge < -0.3 is 29.7 Å². The molecule has 0 saturated heterocycles. The van der Waals surface area contributed by atoms with E-state index in [0.29, 0.717) is 25.3 Å². The Morgan fingerprint density at radius 3 is 2.63 bits per heavy atom. The van der Waals surface area contributed by atoms with E-state index in [9.17, 15) is 19.5 Å². The van der Waals surface area contributed by atoms with E-state index in [-0.39, 0.29) is 42.4 Å². The van der Waals surface area contributed by atoms with Gasteiger partial charge in [0, 0.05) is 25.7 Å². The molecule has 1 atom stereocenters. The van der Waals surface area contributed by atoms with Crippen LogP contribution in [0.15, 0.2) is 24.8 Å². The van der Waals surface area contributed by atoms with Gasteiger partial charge in [0.1, 0.15) is 17.0 Å². The molecule has 3 amide bonds. The van der Waals surface area contributed by atoms with Crippen molar-refractivity contribution in [2.24, 2.45) is 0 Å². The van der Waals surface area contributed by atoms with Crippen LogP contribution in [-0.2, 0) is 20.7 Å². The van der Waals surface area contributed by atoms with Crippen molar-refractivity contribution in [3.63, 3.8) is 0 Å². The number of phenolic OH excluding ortho intramolecular Hbond substituents is 1. The van der Waals surface area contributed by atoms with Gasteiger partial charge in [-0.05, 0) is 58.2 Å². The third-order valence-electron chi connectivity index (χ3n) is 5.71. The number of fused-ring (bicyclic) bond motifs is 1. The molecule has 0 radical (unpaired) electrons. The van der Waals surface area contributed by atoms with Crippen LogP contribution in [0.25, 0.3) is 0 Å². The molecule has 0 aromatic heterocycles. The van der Waals surface area contributed by atoms with E-state index >= 15 is 0 Å². The topological polar surface area (TPSA) is 108 Å². The van der Waals surface area contributed by atoms with Gasteiger partial charge in [-0.15, -0.1) is 0 Å². The molecule has 2 N–H and O–H groups in total. The van der Waals surface area contributed by atoms with Crippen LogP contribution in [0.1, 0.15) is 59.4 Å². The smallest absolute Gasteiger partial charge is 0.410 e. The normalized spacial score (nSPS) is 13.7. The van der Waals surface area contributed by atoms with E-state index in [1.165, 1.54) is 12.1 Å². The van der Waals surface area contributed by atoms with Crippen LogP contribution in [0.2, 0.25) is 0 Å². The van der Waals surface area contributed by atoms with Gasteiger partial charge in [0.25, 0.3) is 5.91 Å². The van der Waals surface area contributed by atoms with E-state index in [1.807, 2.05) is 6.92 Å². The van der Waals surface area contributed by atoms with Crippen LogP contribution in [0, 0.1) is 0 Å². The van der Waals surface area contributed by atoms with Crippen LogP contribution in [0.4, 0.5) is 10.5 Å². The predicted molar refractivity (Wildman–Crippen MR) is 135 cm³/mol. The Morgan fingerprint density at radius 1 is 1.29 bits per heavy atom. The summed E-state index contributed by atoms with van der Waals surface area (Å²) in [5, 5.41) is 12.7. The number of phenols is 1. The molecule has 0 spiro atoms. The Labute approximate surface area is 208 Å². The number of amides is 3. The fourth-order valence-electron chi connectivity index (χ4n) is 3.84. The molecule has 35 heavy (non-hydrogen) atoms. The second kappa shape index (κ2) is 12.5. The number of anilines is 1. The van der Waals surface area contributed by atoms with Crippen LogP contribution in [0.3, 0.4) is 0 Å². The number of benzene rings is 1. The first-order valence-electron chi connectivity index (χ1n) is 12.1. The fraction of sp³-hybridized carbons (Fsp3) is 0.577. The summed E-state index contributed by atoms with van der Waals surface area (Å²) in [5.41, 5.74) is 0.294. The van der Waals surface area contributed by atoms with Crippen LogP contribution in [0.5, 0.6) is 11.5 Å². The van der Waals surface area contributed by atoms with Gasteiger partial charge in [-0.3, -0.25) is 9.59 Å². The number of aromatic hydroxyl groups is 1. The Bertz CT molecular complexity index is 924. The van der Waals surface area contributed by atoms with Gasteiger partial charge in [0.15, 0.2) is 12.4 Å². The second-order valence-corrected chi connectivity index (χ2v) is 9.73. The van der Waals surface area contributed by atoms with Crippen molar-refractivity contribution < 1.29 is 29.0 Å². The number of hydrogen-bond donors (Lipinski definition) is 2. The molecular formula is C26H39N3O6. The lowest BCUT2D eigenvalue weighted by atomic mass is 10.1. The monoisotopic (exact) mass is 489 g/mol. The number of carbonyl (C=O) groups excluding carboxylic acids is 3. The lowest BCUT2D eigenvalue weighted by Gasteiger charge is -2.32. The van der Waals surface area contributed by atoms with E-state index < -0.39 is 11.7 Å². The highest BCUT2D eigenvalue weighted by molar-refractivity contribution is 5.97. The minimum Gasteiger partial charge on any atom is -0.506 e. The maximum Gasteiger partial charge on any atom is 0.410 e. The molecule has 0 saturated carbocycles. The summed E-state index contributed by atoms with van der Waals surface area (Å²) in [6, 6.07) is 3.21. The van der Waals surface area contributed by atoms with Gasteiger partial charge in [-0.1, -0.05) is 32.4 Å². The van der Waals surface area contributed by atoms with Gasteiger partial charge in [-0.25, -0.2) is 4.79 Å². The zero-order valence-corrected chi connectivity index (χ0v) is 21.6. The summed E-state index contributed by atoms with van der Waals surface area (Å²) >= 11 is 0. The van der Waals surface area contributed by atoms with E-state index in [2.05, 4.69) is 18.8 Å². The summed E-state index contributed by atoms with van der Waals surface area (Å²) in [4.78, 5) is 40.5. The third kappa shape index (κ3) is 8.19. The first-order valence-corrected chi connectivity index (χ1v) is 12.1. The zero-order chi connectivity index (χ0) is 26.2. The molecule has 9 heteroatoms. The van der Waals surface area contributed by atoms with Crippen molar-refractivity contribution in [3.05, 3.63) is 30.4 Å². The molecular weight excluding hydrogens is 450 g/mol. The standard InChI is InChI=1S/C26H39N3O6/c1-7-9-10-18(3)29(22(32)8-2)16-15-28(25(33)35-26(4,5)6)14-13-19-11-12-20(30)23-24(19)34-17-21(31)27-23/h8,11-12,18,30H,2,7,9-10,13-17H2,1,3-6H3,(H,27,31)/t18-/m1/s1. The molecule has 194 valence electrons. The van der Waals surface area contributed by atoms with Crippen molar-refractivity contribution in [2.75, 3.05) is 31.6 Å². The minimum atomic E-state index is -0.675. The number of hydrogen-bond acceptors (Lipinski definition) is 6. The van der Waals surface area contributed by atoms with Gasteiger partial charge in [-0.2, -0.15) is 0 Å². The highest BCUT2D eigenvalue weighted by Gasteiger charge is 2.27. The molecule has 1 aromatic carbocycles. The molecule has 1 aliphatic rings. The summed E-state index contributed by atoms with van der Waals surface area (Å²) < 4.78 is 11.2. The summed E-state index contributed by atoms with van der Waals surface area (Å²) in [5.74, 6) is -0.204. The summed E-state index contributed by atoms with van der Waals surface area (Å²) in [6.45, 7) is 13.9. The number of unbranched alkanes of at least 4 members (excludes halogenated alkanes) is 1. The van der Waals surface area contributed by atoms with Crippen molar-refractivity contribution in [1.82, 2.24) is 9.80 Å². The average Bonchev–Trinajstić information content (AvgIpc) is 2.79. The Kier molecular flexibility index (Phi) is 9.98. The number of nitrogens with one attached hydrogen (secondary N) is 1. The van der Waals surface area contributed by atoms with E-state index in [4.69, 9.17) is 9.47 Å². The highest BCUT2D eigenvalue weighted by atomic mass is 16.6. The zero-order valence-electron chi connectivity index (χ0n) is 21.6. The summed E-state index contributed by atoms with van der Waals surface area (Å²) in [6.07, 6.45) is 4.12. The fourth-order valence-corrected chi connectivity index (χ4v) is 3.84. The predicted octanol–water partition coefficient (Wildman–Crippen LogP) is 4.10. The van der Waals surface area contributed by atoms with E-state index in [1.54, 1.807) is 36.6 Å². The molecule has 1 heterocycles. The number of rotatable bonds is 11. The second-order valence-electron chi connectivity index (χ2n) is 9.73. The number of carbonyl (C=O) groups is 3. The average molecular weight is 490 g/mol. The van der Waals surface area contributed by atoms with Crippen molar-refractivity contribution in [1.29, 1.82) is 0 Å². The molecule has 2 rings (SSSR count). The lowest BCUT2D eigenvalue weighted by Crippen LogP contribution is -2.46. The van der Waals surface area contributed by atoms with Crippen molar-refractivity contribution in [3.8, 4) is 11.5 Å². The molecule has 0 bridgehead atoms. The quantitative estimate of drug-likeness (QED) is 0.358. The Balaban J connectivity index is 2.20. The molecule has 0 aliphatic carbocycles. The molecule has 1 aliphatic heterocycles. The first-order chi connectivity index (χ1) is 16.5. The van der Waals surface area contributed by atoms with Gasteiger partial charge in [0.2, 0.25) is 5.91 Å². The third-order valence-corrected chi connectivity index (χ3v) is 5.71. The molecule has 0 fully saturated rings. The molecule has 1 aromatic rings. The lowest BCUT2D eigenvalue weighted by molar-refractivity contribution is -0.128. The number of nitrogens with zero attached hydrogens (tertiary/aromatic N) is 2. The summed E-state index contributed by atoms with van der Waals surface area (Å²) in [7, 11) is 0. The largest absolute Gasteiger partial charge is 0.506 e. The Morgan fingerprint density at radius 2 is 2.00 bits per heavy atom. The van der Waals surface area contributed by atoms with Crippen LogP contribution in [-0.4, -0.2) is 70.7 Å². The molecule has 0 unspecified atom stereocenters. The van der Waals surface area contributed by atoms with Gasteiger partial charge >= 0.3 is 6.09 Å². The first kappa shape index (κ1) is 28.0. The van der Waals surface area contributed by atoms with Crippen LogP contribution < -0.4 is 10.1 Å². The van der Waals surface area contributed by atoms with E-state index in [0.717, 1.165) is 24.8 Å². The Hall–Kier alpha value is -3.23. The SMILES string of the molecule is C=CC(=O)N(CCN(CCc1ccc(O)c2c1OCC(=O)N2)C(=O)OC(C)(C)C)[C@H](C)CCCC. The minimum absolute atomic E-state index is 0.0158. The van der Waals surface area contributed by atoms with Crippen molar-refractivity contribution in [2.45, 2.75) is 71.9 Å². The maximum absolute atomic E-state index is 13.0. The highest BCUT2D eigenvalue weighted by Crippen LogP contribution is 2.39. The van der Waals surface area contributed by atoms with Crippen molar-refractivity contribution >= 4 is 23.6 Å². The number of ether oxygens (including phenoxy) is 2. The molecule has 9 nitrogen and oxygen atoms in total. The maximum atomic E-state index is 13.0.